The summed E-state index contributed by atoms with van der Waals surface area (Å²) in [5, 5.41) is 4.60. The zero-order valence-electron chi connectivity index (χ0n) is 12.6. The number of aliphatic imine (C=N–C) groups is 1. The van der Waals surface area contributed by atoms with Gasteiger partial charge in [0.2, 0.25) is 0 Å². The van der Waals surface area contributed by atoms with Crippen molar-refractivity contribution in [2.75, 3.05) is 20.1 Å². The Morgan fingerprint density at radius 2 is 2.21 bits per heavy atom. The fourth-order valence-corrected chi connectivity index (χ4v) is 3.40. The smallest absolute Gasteiger partial charge is 0.193 e. The van der Waals surface area contributed by atoms with Gasteiger partial charge in [-0.05, 0) is 25.7 Å². The second-order valence-electron chi connectivity index (χ2n) is 5.98. The molecule has 0 aliphatic carbocycles. The fourth-order valence-electron chi connectivity index (χ4n) is 2.52. The number of aryl methyl sites for hydroxylation is 2. The lowest BCUT2D eigenvalue weighted by molar-refractivity contribution is 0.370. The molecule has 0 saturated carbocycles. The van der Waals surface area contributed by atoms with Crippen LogP contribution in [-0.2, 0) is 6.54 Å². The minimum absolute atomic E-state index is 0.397. The van der Waals surface area contributed by atoms with Crippen LogP contribution in [0.2, 0.25) is 0 Å². The molecule has 1 aliphatic heterocycles. The van der Waals surface area contributed by atoms with Crippen molar-refractivity contribution in [3.63, 3.8) is 0 Å². The molecular formula is C14H24N4S. The molecule has 0 radical (unpaired) electrons. The van der Waals surface area contributed by atoms with Crippen LogP contribution in [0.1, 0.15) is 35.8 Å². The highest BCUT2D eigenvalue weighted by atomic mass is 32.1. The van der Waals surface area contributed by atoms with Crippen molar-refractivity contribution in [2.45, 2.75) is 40.7 Å². The van der Waals surface area contributed by atoms with Crippen LogP contribution in [0.3, 0.4) is 0 Å². The second-order valence-corrected chi connectivity index (χ2v) is 7.27. The summed E-state index contributed by atoms with van der Waals surface area (Å²) >= 11 is 1.76. The van der Waals surface area contributed by atoms with Gasteiger partial charge in [0.1, 0.15) is 0 Å². The van der Waals surface area contributed by atoms with Crippen LogP contribution in [0.25, 0.3) is 0 Å². The maximum atomic E-state index is 4.46. The highest BCUT2D eigenvalue weighted by Gasteiger charge is 2.30. The van der Waals surface area contributed by atoms with Gasteiger partial charge < -0.3 is 10.2 Å². The molecule has 0 atom stereocenters. The number of thiazole rings is 1. The Morgan fingerprint density at radius 3 is 2.68 bits per heavy atom. The highest BCUT2D eigenvalue weighted by molar-refractivity contribution is 7.11. The van der Waals surface area contributed by atoms with Crippen molar-refractivity contribution in [1.29, 1.82) is 0 Å². The van der Waals surface area contributed by atoms with Gasteiger partial charge >= 0.3 is 0 Å². The lowest BCUT2D eigenvalue weighted by atomic mass is 9.93. The van der Waals surface area contributed by atoms with E-state index in [-0.39, 0.29) is 0 Å². The maximum absolute atomic E-state index is 4.46. The summed E-state index contributed by atoms with van der Waals surface area (Å²) in [6.07, 6.45) is 1.23. The Labute approximate surface area is 120 Å². The SMILES string of the molecule is CN=C(NCc1sc(C)nc1C)N1CCC(C)(C)C1. The van der Waals surface area contributed by atoms with Crippen LogP contribution in [0.4, 0.5) is 0 Å². The van der Waals surface area contributed by atoms with Crippen molar-refractivity contribution >= 4 is 17.3 Å². The van der Waals surface area contributed by atoms with Crippen molar-refractivity contribution in [3.8, 4) is 0 Å². The maximum Gasteiger partial charge on any atom is 0.193 e. The topological polar surface area (TPSA) is 40.5 Å². The number of hydrogen-bond acceptors (Lipinski definition) is 3. The van der Waals surface area contributed by atoms with E-state index in [1.807, 2.05) is 7.05 Å². The van der Waals surface area contributed by atoms with E-state index in [0.717, 1.165) is 36.3 Å². The molecule has 1 aromatic rings. The van der Waals surface area contributed by atoms with Crippen LogP contribution in [0.15, 0.2) is 4.99 Å². The molecule has 0 aromatic carbocycles. The Hall–Kier alpha value is -1.10. The molecule has 1 saturated heterocycles. The monoisotopic (exact) mass is 280 g/mol. The zero-order valence-corrected chi connectivity index (χ0v) is 13.4. The van der Waals surface area contributed by atoms with Gasteiger partial charge in [-0.15, -0.1) is 11.3 Å². The lowest BCUT2D eigenvalue weighted by Gasteiger charge is -2.23. The molecule has 2 rings (SSSR count). The summed E-state index contributed by atoms with van der Waals surface area (Å²) < 4.78 is 0. The third-order valence-corrected chi connectivity index (χ3v) is 4.67. The molecule has 1 aliphatic rings. The summed E-state index contributed by atoms with van der Waals surface area (Å²) in [6.45, 7) is 11.7. The van der Waals surface area contributed by atoms with Gasteiger partial charge in [-0.25, -0.2) is 4.98 Å². The van der Waals surface area contributed by atoms with Crippen LogP contribution in [0.5, 0.6) is 0 Å². The van der Waals surface area contributed by atoms with Crippen molar-refractivity contribution in [3.05, 3.63) is 15.6 Å². The number of rotatable bonds is 2. The highest BCUT2D eigenvalue weighted by Crippen LogP contribution is 2.28. The fraction of sp³-hybridized carbons (Fsp3) is 0.714. The van der Waals surface area contributed by atoms with E-state index in [1.165, 1.54) is 11.3 Å². The van der Waals surface area contributed by atoms with Gasteiger partial charge in [0.25, 0.3) is 0 Å². The van der Waals surface area contributed by atoms with Gasteiger partial charge in [-0.2, -0.15) is 0 Å². The molecule has 0 spiro atoms. The minimum atomic E-state index is 0.397. The summed E-state index contributed by atoms with van der Waals surface area (Å²) in [6, 6.07) is 0. The lowest BCUT2D eigenvalue weighted by Crippen LogP contribution is -2.40. The van der Waals surface area contributed by atoms with Crippen molar-refractivity contribution in [2.24, 2.45) is 10.4 Å². The van der Waals surface area contributed by atoms with E-state index in [1.54, 1.807) is 11.3 Å². The van der Waals surface area contributed by atoms with Gasteiger partial charge in [0.05, 0.1) is 17.2 Å². The first-order chi connectivity index (χ1) is 8.91. The Morgan fingerprint density at radius 1 is 1.47 bits per heavy atom. The molecule has 106 valence electrons. The molecule has 0 unspecified atom stereocenters. The third kappa shape index (κ3) is 3.47. The molecule has 1 fully saturated rings. The van der Waals surface area contributed by atoms with Gasteiger partial charge in [-0.1, -0.05) is 13.8 Å². The van der Waals surface area contributed by atoms with E-state index in [2.05, 4.69) is 47.9 Å². The van der Waals surface area contributed by atoms with Gasteiger partial charge in [0.15, 0.2) is 5.96 Å². The zero-order chi connectivity index (χ0) is 14.0. The molecule has 2 heterocycles. The Balaban J connectivity index is 1.96. The van der Waals surface area contributed by atoms with E-state index in [0.29, 0.717) is 5.41 Å². The molecular weight excluding hydrogens is 256 g/mol. The molecule has 4 nitrogen and oxygen atoms in total. The van der Waals surface area contributed by atoms with Crippen LogP contribution >= 0.6 is 11.3 Å². The number of aromatic nitrogens is 1. The molecule has 5 heteroatoms. The molecule has 19 heavy (non-hydrogen) atoms. The van der Waals surface area contributed by atoms with E-state index in [9.17, 15) is 0 Å². The average molecular weight is 280 g/mol. The summed E-state index contributed by atoms with van der Waals surface area (Å²) in [7, 11) is 1.86. The Bertz CT molecular complexity index is 476. The van der Waals surface area contributed by atoms with Crippen LogP contribution < -0.4 is 5.32 Å². The first kappa shape index (κ1) is 14.3. The quantitative estimate of drug-likeness (QED) is 0.668. The van der Waals surface area contributed by atoms with Gasteiger partial charge in [0, 0.05) is 25.0 Å². The predicted molar refractivity (Wildman–Crippen MR) is 81.8 cm³/mol. The third-order valence-electron chi connectivity index (χ3n) is 3.60. The second kappa shape index (κ2) is 5.49. The number of hydrogen-bond donors (Lipinski definition) is 1. The van der Waals surface area contributed by atoms with E-state index >= 15 is 0 Å². The minimum Gasteiger partial charge on any atom is -0.351 e. The van der Waals surface area contributed by atoms with E-state index in [4.69, 9.17) is 0 Å². The molecule has 1 aromatic heterocycles. The van der Waals surface area contributed by atoms with Crippen molar-refractivity contribution < 1.29 is 0 Å². The molecule has 0 amide bonds. The average Bonchev–Trinajstić information content (AvgIpc) is 2.83. The summed E-state index contributed by atoms with van der Waals surface area (Å²) in [5.41, 5.74) is 1.53. The number of nitrogens with zero attached hydrogens (tertiary/aromatic N) is 3. The number of guanidine groups is 1. The molecule has 1 N–H and O–H groups in total. The molecule has 0 bridgehead atoms. The largest absolute Gasteiger partial charge is 0.351 e. The number of nitrogens with one attached hydrogen (secondary N) is 1. The van der Waals surface area contributed by atoms with Crippen LogP contribution in [0, 0.1) is 19.3 Å². The van der Waals surface area contributed by atoms with Crippen LogP contribution in [-0.4, -0.2) is 36.0 Å². The first-order valence-electron chi connectivity index (χ1n) is 6.80. The van der Waals surface area contributed by atoms with Gasteiger partial charge in [-0.3, -0.25) is 4.99 Å². The number of likely N-dealkylation sites (tertiary alicyclic amines) is 1. The van der Waals surface area contributed by atoms with E-state index < -0.39 is 0 Å². The standard InChI is InChI=1S/C14H24N4S/c1-10-12(19-11(2)17-10)8-16-13(15-5)18-7-6-14(3,4)9-18/h6-9H2,1-5H3,(H,15,16). The predicted octanol–water partition coefficient (Wildman–Crippen LogP) is 2.57. The van der Waals surface area contributed by atoms with Crippen molar-refractivity contribution in [1.82, 2.24) is 15.2 Å². The summed E-state index contributed by atoms with van der Waals surface area (Å²) in [4.78, 5) is 12.5. The normalized spacial score (nSPS) is 19.0. The Kier molecular flexibility index (Phi) is 4.13. The summed E-state index contributed by atoms with van der Waals surface area (Å²) in [5.74, 6) is 1.01. The first-order valence-corrected chi connectivity index (χ1v) is 7.61.